The Bertz CT molecular complexity index is 757. The van der Waals surface area contributed by atoms with Crippen LogP contribution in [-0.4, -0.2) is 52.3 Å². The minimum Gasteiger partial charge on any atom is -0.339 e. The average molecular weight is 389 g/mol. The minimum atomic E-state index is -0.237. The summed E-state index contributed by atoms with van der Waals surface area (Å²) in [6.07, 6.45) is 9.63. The third-order valence-electron chi connectivity index (χ3n) is 7.07. The Morgan fingerprint density at radius 2 is 1.93 bits per heavy atom. The van der Waals surface area contributed by atoms with Crippen molar-refractivity contribution in [2.24, 2.45) is 5.92 Å². The number of carbonyl (C=O) groups is 2. The second-order valence-corrected chi connectivity index (χ2v) is 9.71. The van der Waals surface area contributed by atoms with E-state index in [-0.39, 0.29) is 17.7 Å². The highest BCUT2D eigenvalue weighted by Gasteiger charge is 2.41. The summed E-state index contributed by atoms with van der Waals surface area (Å²) in [6.45, 7) is 0.577. The smallest absolute Gasteiger partial charge is 0.231 e. The molecule has 2 saturated heterocycles. The number of nitrogens with one attached hydrogen (secondary N) is 1. The van der Waals surface area contributed by atoms with Gasteiger partial charge in [-0.15, -0.1) is 0 Å². The van der Waals surface area contributed by atoms with Gasteiger partial charge in [0.05, 0.1) is 11.6 Å². The zero-order valence-corrected chi connectivity index (χ0v) is 16.8. The number of amides is 2. The number of nitrogens with zero attached hydrogens (tertiary/aromatic N) is 3. The zero-order chi connectivity index (χ0) is 18.5. The van der Waals surface area contributed by atoms with Gasteiger partial charge in [-0.25, -0.2) is 4.98 Å². The summed E-state index contributed by atoms with van der Waals surface area (Å²) < 4.78 is 0. The number of likely N-dealkylation sites (N-methyl/N-ethyl adjacent to an activating group) is 1. The van der Waals surface area contributed by atoms with E-state index < -0.39 is 0 Å². The molecule has 2 bridgehead atoms. The van der Waals surface area contributed by atoms with E-state index in [2.05, 4.69) is 17.3 Å². The lowest BCUT2D eigenvalue weighted by Crippen LogP contribution is -2.38. The Kier molecular flexibility index (Phi) is 4.47. The summed E-state index contributed by atoms with van der Waals surface area (Å²) in [5, 5.41) is 3.75. The van der Waals surface area contributed by atoms with Crippen molar-refractivity contribution >= 4 is 28.3 Å². The summed E-state index contributed by atoms with van der Waals surface area (Å²) >= 11 is 1.63. The second kappa shape index (κ2) is 6.85. The molecule has 2 amide bonds. The molecule has 0 spiro atoms. The number of aromatic nitrogens is 1. The van der Waals surface area contributed by atoms with Crippen LogP contribution in [0.15, 0.2) is 0 Å². The molecule has 1 aromatic heterocycles. The average Bonchev–Trinajstić information content (AvgIpc) is 3.32. The van der Waals surface area contributed by atoms with E-state index in [4.69, 9.17) is 4.98 Å². The van der Waals surface area contributed by atoms with Crippen molar-refractivity contribution in [3.63, 3.8) is 0 Å². The van der Waals surface area contributed by atoms with Gasteiger partial charge >= 0.3 is 0 Å². The van der Waals surface area contributed by atoms with Crippen molar-refractivity contribution in [1.29, 1.82) is 0 Å². The predicted molar refractivity (Wildman–Crippen MR) is 105 cm³/mol. The summed E-state index contributed by atoms with van der Waals surface area (Å²) in [6, 6.07) is 1.42. The Balaban J connectivity index is 1.25. The minimum absolute atomic E-state index is 0.0359. The highest BCUT2D eigenvalue weighted by atomic mass is 32.1. The molecule has 1 saturated carbocycles. The van der Waals surface area contributed by atoms with Crippen molar-refractivity contribution in [2.45, 2.75) is 75.9 Å². The van der Waals surface area contributed by atoms with Crippen LogP contribution in [0.1, 0.15) is 68.0 Å². The molecule has 3 aliphatic heterocycles. The maximum Gasteiger partial charge on any atom is 0.231 e. The Morgan fingerprint density at radius 1 is 1.11 bits per heavy atom. The lowest BCUT2D eigenvalue weighted by molar-refractivity contribution is -0.130. The molecule has 3 atom stereocenters. The van der Waals surface area contributed by atoms with E-state index in [9.17, 15) is 9.59 Å². The molecule has 4 heterocycles. The van der Waals surface area contributed by atoms with E-state index >= 15 is 0 Å². The standard InChI is InChI=1S/C20H28N4O2S/c1-23-14-7-8-16(23)18-15(10-14)21-20(27-18)22-19(26)12-9-17(25)24(11-12)13-5-3-2-4-6-13/h12-14,16H,2-11H2,1H3,(H,21,22,26). The van der Waals surface area contributed by atoms with Crippen LogP contribution >= 0.6 is 11.3 Å². The number of carbonyl (C=O) groups excluding carboxylic acids is 2. The molecule has 6 nitrogen and oxygen atoms in total. The third kappa shape index (κ3) is 3.09. The fourth-order valence-electron chi connectivity index (χ4n) is 5.48. The van der Waals surface area contributed by atoms with Crippen molar-refractivity contribution in [3.05, 3.63) is 10.6 Å². The number of hydrogen-bond acceptors (Lipinski definition) is 5. The number of likely N-dealkylation sites (tertiary alicyclic amines) is 1. The van der Waals surface area contributed by atoms with Gasteiger partial charge in [-0.3, -0.25) is 14.5 Å². The van der Waals surface area contributed by atoms with Crippen LogP contribution in [0.25, 0.3) is 0 Å². The molecule has 4 aliphatic rings. The first kappa shape index (κ1) is 17.6. The summed E-state index contributed by atoms with van der Waals surface area (Å²) in [5.74, 6) is -0.120. The molecule has 27 heavy (non-hydrogen) atoms. The van der Waals surface area contributed by atoms with Gasteiger partial charge in [0, 0.05) is 42.4 Å². The van der Waals surface area contributed by atoms with Gasteiger partial charge in [-0.1, -0.05) is 30.6 Å². The lowest BCUT2D eigenvalue weighted by atomic mass is 9.94. The van der Waals surface area contributed by atoms with Crippen LogP contribution in [0.5, 0.6) is 0 Å². The van der Waals surface area contributed by atoms with Crippen LogP contribution in [0, 0.1) is 5.92 Å². The first-order valence-corrected chi connectivity index (χ1v) is 11.2. The Hall–Kier alpha value is -1.47. The maximum absolute atomic E-state index is 12.8. The molecule has 0 radical (unpaired) electrons. The third-order valence-corrected chi connectivity index (χ3v) is 8.19. The summed E-state index contributed by atoms with van der Waals surface area (Å²) in [5.41, 5.74) is 1.17. The zero-order valence-electron chi connectivity index (χ0n) is 15.9. The van der Waals surface area contributed by atoms with Crippen molar-refractivity contribution in [1.82, 2.24) is 14.8 Å². The van der Waals surface area contributed by atoms with Crippen LogP contribution in [0.2, 0.25) is 0 Å². The van der Waals surface area contributed by atoms with E-state index in [0.717, 1.165) is 24.4 Å². The maximum atomic E-state index is 12.8. The van der Waals surface area contributed by atoms with Crippen molar-refractivity contribution in [2.75, 3.05) is 18.9 Å². The Morgan fingerprint density at radius 3 is 2.74 bits per heavy atom. The van der Waals surface area contributed by atoms with E-state index in [0.29, 0.717) is 31.1 Å². The highest BCUT2D eigenvalue weighted by molar-refractivity contribution is 7.16. The molecule has 146 valence electrons. The van der Waals surface area contributed by atoms with Crippen LogP contribution in [-0.2, 0) is 16.0 Å². The highest BCUT2D eigenvalue weighted by Crippen LogP contribution is 2.46. The number of fused-ring (bicyclic) bond motifs is 4. The van der Waals surface area contributed by atoms with Crippen LogP contribution in [0.4, 0.5) is 5.13 Å². The van der Waals surface area contributed by atoms with Gasteiger partial charge in [0.2, 0.25) is 11.8 Å². The van der Waals surface area contributed by atoms with Crippen molar-refractivity contribution < 1.29 is 9.59 Å². The fraction of sp³-hybridized carbons (Fsp3) is 0.750. The molecule has 1 aliphatic carbocycles. The lowest BCUT2D eigenvalue weighted by Gasteiger charge is -2.31. The topological polar surface area (TPSA) is 65.5 Å². The molecule has 5 rings (SSSR count). The normalized spacial score (nSPS) is 31.4. The molecular weight excluding hydrogens is 360 g/mol. The first-order valence-electron chi connectivity index (χ1n) is 10.4. The van der Waals surface area contributed by atoms with Gasteiger partial charge in [0.15, 0.2) is 5.13 Å². The predicted octanol–water partition coefficient (Wildman–Crippen LogP) is 2.95. The fourth-order valence-corrected chi connectivity index (χ4v) is 6.66. The molecule has 1 N–H and O–H groups in total. The quantitative estimate of drug-likeness (QED) is 0.865. The largest absolute Gasteiger partial charge is 0.339 e. The van der Waals surface area contributed by atoms with Gasteiger partial charge in [-0.2, -0.15) is 0 Å². The van der Waals surface area contributed by atoms with E-state index in [1.807, 2.05) is 4.90 Å². The molecule has 7 heteroatoms. The molecule has 3 unspecified atom stereocenters. The molecule has 0 aromatic carbocycles. The molecule has 3 fully saturated rings. The first-order chi connectivity index (χ1) is 13.1. The Labute approximate surface area is 164 Å². The number of rotatable bonds is 3. The molecular formula is C20H28N4O2S. The number of hydrogen-bond donors (Lipinski definition) is 1. The van der Waals surface area contributed by atoms with E-state index in [1.165, 1.54) is 42.7 Å². The van der Waals surface area contributed by atoms with Crippen molar-refractivity contribution in [3.8, 4) is 0 Å². The number of anilines is 1. The van der Waals surface area contributed by atoms with Crippen LogP contribution in [0.3, 0.4) is 0 Å². The number of thiazole rings is 1. The van der Waals surface area contributed by atoms with E-state index in [1.54, 1.807) is 11.3 Å². The van der Waals surface area contributed by atoms with Gasteiger partial charge in [0.1, 0.15) is 0 Å². The van der Waals surface area contributed by atoms with Gasteiger partial charge in [0.25, 0.3) is 0 Å². The van der Waals surface area contributed by atoms with Gasteiger partial charge in [-0.05, 0) is 32.7 Å². The molecule has 1 aromatic rings. The monoisotopic (exact) mass is 388 g/mol. The SMILES string of the molecule is CN1C2CCC1c1sc(NC(=O)C3CC(=O)N(C4CCCCC4)C3)nc1C2. The van der Waals surface area contributed by atoms with Gasteiger partial charge < -0.3 is 10.2 Å². The summed E-state index contributed by atoms with van der Waals surface area (Å²) in [7, 11) is 2.20. The second-order valence-electron chi connectivity index (χ2n) is 8.67. The van der Waals surface area contributed by atoms with Crippen LogP contribution < -0.4 is 5.32 Å². The summed E-state index contributed by atoms with van der Waals surface area (Å²) in [4.78, 5) is 35.7.